The van der Waals surface area contributed by atoms with Crippen LogP contribution in [0.5, 0.6) is 0 Å². The highest BCUT2D eigenvalue weighted by Crippen LogP contribution is 2.32. The molecule has 0 N–H and O–H groups in total. The van der Waals surface area contributed by atoms with Crippen LogP contribution < -0.4 is 4.90 Å². The molecule has 5 heteroatoms. The molecule has 0 amide bonds. The van der Waals surface area contributed by atoms with E-state index in [0.29, 0.717) is 6.61 Å². The number of halogens is 2. The average molecular weight is 387 g/mol. The summed E-state index contributed by atoms with van der Waals surface area (Å²) in [5, 5.41) is 0. The van der Waals surface area contributed by atoms with Gasteiger partial charge in [0, 0.05) is 40.3 Å². The Morgan fingerprint density at radius 2 is 1.88 bits per heavy atom. The van der Waals surface area contributed by atoms with Gasteiger partial charge in [-0.2, -0.15) is 0 Å². The lowest BCUT2D eigenvalue weighted by Crippen LogP contribution is -2.22. The molecule has 1 aliphatic heterocycles. The van der Waals surface area contributed by atoms with Crippen LogP contribution in [-0.4, -0.2) is 17.7 Å². The summed E-state index contributed by atoms with van der Waals surface area (Å²) in [5.41, 5.74) is 3.13. The minimum absolute atomic E-state index is 0.149. The fourth-order valence-electron chi connectivity index (χ4n) is 3.00. The van der Waals surface area contributed by atoms with Crippen molar-refractivity contribution in [1.29, 1.82) is 0 Å². The maximum Gasteiger partial charge on any atom is 0.158 e. The van der Waals surface area contributed by atoms with E-state index in [1.165, 1.54) is 12.1 Å². The molecule has 1 atom stereocenters. The standard InChI is InChI=1S/C19H16BrFN2O/c20-15-2-1-3-18(12-15)22-9-8-14(13-22)19-23(10-11-24-19)17-6-4-16(21)5-7-17/h1-9,12-13,19H,10-11H2. The molecule has 0 bridgehead atoms. The van der Waals surface area contributed by atoms with Crippen molar-refractivity contribution < 1.29 is 9.13 Å². The Bertz CT molecular complexity index is 847. The lowest BCUT2D eigenvalue weighted by atomic mass is 10.2. The lowest BCUT2D eigenvalue weighted by molar-refractivity contribution is 0.114. The molecule has 24 heavy (non-hydrogen) atoms. The average Bonchev–Trinajstić information content (AvgIpc) is 3.24. The molecule has 0 radical (unpaired) electrons. The summed E-state index contributed by atoms with van der Waals surface area (Å²) in [6, 6.07) is 16.8. The monoisotopic (exact) mass is 386 g/mol. The SMILES string of the molecule is Fc1ccc(N2CCOC2c2ccn(-c3cccc(Br)c3)c2)cc1. The van der Waals surface area contributed by atoms with Crippen molar-refractivity contribution in [2.24, 2.45) is 0 Å². The number of benzene rings is 2. The lowest BCUT2D eigenvalue weighted by Gasteiger charge is -2.24. The zero-order chi connectivity index (χ0) is 16.5. The predicted molar refractivity (Wildman–Crippen MR) is 95.9 cm³/mol. The van der Waals surface area contributed by atoms with Gasteiger partial charge in [-0.25, -0.2) is 4.39 Å². The summed E-state index contributed by atoms with van der Waals surface area (Å²) in [7, 11) is 0. The van der Waals surface area contributed by atoms with E-state index in [2.05, 4.69) is 49.8 Å². The van der Waals surface area contributed by atoms with Crippen molar-refractivity contribution in [2.75, 3.05) is 18.1 Å². The molecule has 0 saturated carbocycles. The molecule has 0 spiro atoms. The third-order valence-corrected chi connectivity index (χ3v) is 4.65. The van der Waals surface area contributed by atoms with Gasteiger partial charge < -0.3 is 14.2 Å². The molecule has 3 aromatic rings. The highest BCUT2D eigenvalue weighted by Gasteiger charge is 2.27. The van der Waals surface area contributed by atoms with Gasteiger partial charge in [0.25, 0.3) is 0 Å². The van der Waals surface area contributed by atoms with Crippen LogP contribution in [0.3, 0.4) is 0 Å². The highest BCUT2D eigenvalue weighted by molar-refractivity contribution is 9.10. The normalized spacial score (nSPS) is 17.4. The first-order valence-corrected chi connectivity index (χ1v) is 8.58. The van der Waals surface area contributed by atoms with Gasteiger partial charge in [-0.3, -0.25) is 0 Å². The van der Waals surface area contributed by atoms with E-state index >= 15 is 0 Å². The van der Waals surface area contributed by atoms with Crippen molar-refractivity contribution in [1.82, 2.24) is 4.57 Å². The van der Waals surface area contributed by atoms with Gasteiger partial charge in [0.2, 0.25) is 0 Å². The Morgan fingerprint density at radius 1 is 1.04 bits per heavy atom. The molecule has 2 heterocycles. The van der Waals surface area contributed by atoms with E-state index < -0.39 is 0 Å². The number of nitrogens with zero attached hydrogens (tertiary/aromatic N) is 2. The topological polar surface area (TPSA) is 17.4 Å². The molecule has 1 aliphatic rings. The quantitative estimate of drug-likeness (QED) is 0.635. The first kappa shape index (κ1) is 15.4. The summed E-state index contributed by atoms with van der Waals surface area (Å²) < 4.78 is 22.2. The number of ether oxygens (including phenoxy) is 1. The van der Waals surface area contributed by atoms with E-state index in [-0.39, 0.29) is 12.0 Å². The van der Waals surface area contributed by atoms with Crippen molar-refractivity contribution in [2.45, 2.75) is 6.23 Å². The number of anilines is 1. The zero-order valence-electron chi connectivity index (χ0n) is 12.9. The number of hydrogen-bond donors (Lipinski definition) is 0. The fraction of sp³-hybridized carbons (Fsp3) is 0.158. The van der Waals surface area contributed by atoms with Crippen LogP contribution in [0.1, 0.15) is 11.8 Å². The Hall–Kier alpha value is -2.11. The van der Waals surface area contributed by atoms with Crippen molar-refractivity contribution in [3.63, 3.8) is 0 Å². The van der Waals surface area contributed by atoms with Gasteiger partial charge in [-0.05, 0) is 48.5 Å². The van der Waals surface area contributed by atoms with Gasteiger partial charge in [-0.1, -0.05) is 22.0 Å². The van der Waals surface area contributed by atoms with Crippen molar-refractivity contribution in [3.8, 4) is 5.69 Å². The predicted octanol–water partition coefficient (Wildman–Crippen LogP) is 4.91. The Labute approximate surface area is 148 Å². The summed E-state index contributed by atoms with van der Waals surface area (Å²) in [6.45, 7) is 1.45. The van der Waals surface area contributed by atoms with Gasteiger partial charge in [0.05, 0.1) is 6.61 Å². The molecular weight excluding hydrogens is 371 g/mol. The molecule has 1 aromatic heterocycles. The van der Waals surface area contributed by atoms with Crippen LogP contribution in [0.2, 0.25) is 0 Å². The molecule has 2 aromatic carbocycles. The minimum Gasteiger partial charge on any atom is -0.352 e. The zero-order valence-corrected chi connectivity index (χ0v) is 14.5. The Kier molecular flexibility index (Phi) is 4.12. The molecule has 1 unspecified atom stereocenters. The van der Waals surface area contributed by atoms with Crippen LogP contribution >= 0.6 is 15.9 Å². The maximum absolute atomic E-state index is 13.2. The van der Waals surface area contributed by atoms with E-state index in [4.69, 9.17) is 4.74 Å². The molecule has 4 rings (SSSR count). The van der Waals surface area contributed by atoms with Crippen LogP contribution in [0.4, 0.5) is 10.1 Å². The van der Waals surface area contributed by atoms with Crippen molar-refractivity contribution >= 4 is 21.6 Å². The van der Waals surface area contributed by atoms with E-state index in [9.17, 15) is 4.39 Å². The number of aromatic nitrogens is 1. The van der Waals surface area contributed by atoms with Gasteiger partial charge in [-0.15, -0.1) is 0 Å². The summed E-state index contributed by atoms with van der Waals surface area (Å²) >= 11 is 3.50. The maximum atomic E-state index is 13.2. The van der Waals surface area contributed by atoms with E-state index in [1.54, 1.807) is 12.1 Å². The van der Waals surface area contributed by atoms with Gasteiger partial charge in [0.15, 0.2) is 6.23 Å². The number of hydrogen-bond acceptors (Lipinski definition) is 2. The molecule has 1 fully saturated rings. The molecular formula is C19H16BrFN2O. The van der Waals surface area contributed by atoms with Crippen molar-refractivity contribution in [3.05, 3.63) is 82.8 Å². The van der Waals surface area contributed by atoms with Gasteiger partial charge in [0.1, 0.15) is 5.82 Å². The van der Waals surface area contributed by atoms with Crippen LogP contribution in [0, 0.1) is 5.82 Å². The first-order chi connectivity index (χ1) is 11.7. The largest absolute Gasteiger partial charge is 0.352 e. The second kappa shape index (κ2) is 6.42. The molecule has 0 aliphatic carbocycles. The Morgan fingerprint density at radius 3 is 2.67 bits per heavy atom. The van der Waals surface area contributed by atoms with Gasteiger partial charge >= 0.3 is 0 Å². The summed E-state index contributed by atoms with van der Waals surface area (Å²) in [5.74, 6) is -0.226. The summed E-state index contributed by atoms with van der Waals surface area (Å²) in [4.78, 5) is 2.15. The smallest absolute Gasteiger partial charge is 0.158 e. The van der Waals surface area contributed by atoms with Crippen LogP contribution in [0.25, 0.3) is 5.69 Å². The van der Waals surface area contributed by atoms with E-state index in [1.807, 2.05) is 18.3 Å². The van der Waals surface area contributed by atoms with Crippen LogP contribution in [-0.2, 0) is 4.74 Å². The second-order valence-corrected chi connectivity index (χ2v) is 6.64. The highest BCUT2D eigenvalue weighted by atomic mass is 79.9. The van der Waals surface area contributed by atoms with E-state index in [0.717, 1.165) is 28.0 Å². The number of rotatable bonds is 3. The fourth-order valence-corrected chi connectivity index (χ4v) is 3.39. The third kappa shape index (κ3) is 2.97. The molecule has 122 valence electrons. The second-order valence-electron chi connectivity index (χ2n) is 5.72. The molecule has 3 nitrogen and oxygen atoms in total. The molecule has 1 saturated heterocycles. The van der Waals surface area contributed by atoms with Crippen LogP contribution in [0.15, 0.2) is 71.5 Å². The third-order valence-electron chi connectivity index (χ3n) is 4.16. The first-order valence-electron chi connectivity index (χ1n) is 7.78. The summed E-state index contributed by atoms with van der Waals surface area (Å²) in [6.07, 6.45) is 3.96. The minimum atomic E-state index is -0.226. The Balaban J connectivity index is 1.62.